The Bertz CT molecular complexity index is 422. The third-order valence-electron chi connectivity index (χ3n) is 3.34. The van der Waals surface area contributed by atoms with Crippen LogP contribution in [0, 0.1) is 5.82 Å². The molecule has 0 aromatic heterocycles. The molecule has 0 radical (unpaired) electrons. The first-order valence-corrected chi connectivity index (χ1v) is 6.46. The molecule has 0 bridgehead atoms. The van der Waals surface area contributed by atoms with Crippen molar-refractivity contribution in [2.75, 3.05) is 6.54 Å². The Balaban J connectivity index is 2.01. The molecule has 3 nitrogen and oxygen atoms in total. The molecule has 0 aliphatic carbocycles. The minimum Gasteiger partial charge on any atom is -0.355 e. The average Bonchev–Trinajstić information content (AvgIpc) is 2.55. The van der Waals surface area contributed by atoms with E-state index < -0.39 is 0 Å². The summed E-state index contributed by atoms with van der Waals surface area (Å²) in [6, 6.07) is 6.28. The van der Waals surface area contributed by atoms with E-state index >= 15 is 0 Å². The van der Waals surface area contributed by atoms with Crippen LogP contribution in [-0.2, 0) is 4.79 Å². The van der Waals surface area contributed by atoms with Crippen LogP contribution < -0.4 is 10.6 Å². The topological polar surface area (TPSA) is 41.1 Å². The standard InChI is InChI=1S/C14H19FN2O/c1-10(11-5-4-6-12(15)9-11)17-13-7-2-3-8-16-14(13)18/h4-6,9-10,13,17H,2-3,7-8H2,1H3,(H,16,18)/t10-,13?/m1/s1. The monoisotopic (exact) mass is 250 g/mol. The number of hydrogen-bond acceptors (Lipinski definition) is 2. The van der Waals surface area contributed by atoms with Gasteiger partial charge in [-0.1, -0.05) is 12.1 Å². The number of carbonyl (C=O) groups is 1. The molecule has 2 rings (SSSR count). The normalized spacial score (nSPS) is 22.1. The molecule has 2 atom stereocenters. The Labute approximate surface area is 107 Å². The number of benzene rings is 1. The van der Waals surface area contributed by atoms with Crippen molar-refractivity contribution in [3.05, 3.63) is 35.6 Å². The van der Waals surface area contributed by atoms with Gasteiger partial charge >= 0.3 is 0 Å². The Morgan fingerprint density at radius 3 is 3.06 bits per heavy atom. The van der Waals surface area contributed by atoms with Crippen LogP contribution >= 0.6 is 0 Å². The van der Waals surface area contributed by atoms with Gasteiger partial charge in [0.25, 0.3) is 0 Å². The molecule has 1 unspecified atom stereocenters. The molecule has 4 heteroatoms. The highest BCUT2D eigenvalue weighted by Crippen LogP contribution is 2.16. The van der Waals surface area contributed by atoms with Crippen molar-refractivity contribution in [3.8, 4) is 0 Å². The van der Waals surface area contributed by atoms with Gasteiger partial charge < -0.3 is 5.32 Å². The second-order valence-corrected chi connectivity index (χ2v) is 4.78. The molecule has 1 aromatic rings. The van der Waals surface area contributed by atoms with Gasteiger partial charge in [0.15, 0.2) is 0 Å². The van der Waals surface area contributed by atoms with E-state index in [0.29, 0.717) is 0 Å². The molecule has 2 N–H and O–H groups in total. The zero-order chi connectivity index (χ0) is 13.0. The van der Waals surface area contributed by atoms with E-state index in [1.807, 2.05) is 13.0 Å². The molecular weight excluding hydrogens is 231 g/mol. The minimum absolute atomic E-state index is 0.0328. The molecule has 1 aromatic carbocycles. The van der Waals surface area contributed by atoms with E-state index in [1.165, 1.54) is 12.1 Å². The van der Waals surface area contributed by atoms with Gasteiger partial charge in [0, 0.05) is 12.6 Å². The number of carbonyl (C=O) groups excluding carboxylic acids is 1. The first kappa shape index (κ1) is 13.0. The highest BCUT2D eigenvalue weighted by Gasteiger charge is 2.22. The lowest BCUT2D eigenvalue weighted by Crippen LogP contribution is -2.43. The summed E-state index contributed by atoms with van der Waals surface area (Å²) >= 11 is 0. The summed E-state index contributed by atoms with van der Waals surface area (Å²) in [4.78, 5) is 11.8. The lowest BCUT2D eigenvalue weighted by atomic mass is 10.1. The lowest BCUT2D eigenvalue weighted by Gasteiger charge is -2.21. The molecule has 18 heavy (non-hydrogen) atoms. The van der Waals surface area contributed by atoms with Gasteiger partial charge in [0.05, 0.1) is 6.04 Å². The zero-order valence-electron chi connectivity index (χ0n) is 10.6. The van der Waals surface area contributed by atoms with Gasteiger partial charge in [-0.2, -0.15) is 0 Å². The summed E-state index contributed by atoms with van der Waals surface area (Å²) in [6.45, 7) is 2.71. The van der Waals surface area contributed by atoms with E-state index in [-0.39, 0.29) is 23.8 Å². The van der Waals surface area contributed by atoms with E-state index in [9.17, 15) is 9.18 Å². The quantitative estimate of drug-likeness (QED) is 0.863. The molecular formula is C14H19FN2O. The van der Waals surface area contributed by atoms with Crippen LogP contribution in [0.2, 0.25) is 0 Å². The maximum Gasteiger partial charge on any atom is 0.237 e. The summed E-state index contributed by atoms with van der Waals surface area (Å²) in [5, 5.41) is 6.16. The van der Waals surface area contributed by atoms with Crippen molar-refractivity contribution in [3.63, 3.8) is 0 Å². The van der Waals surface area contributed by atoms with Gasteiger partial charge in [-0.3, -0.25) is 10.1 Å². The van der Waals surface area contributed by atoms with Crippen molar-refractivity contribution in [2.45, 2.75) is 38.3 Å². The van der Waals surface area contributed by atoms with Crippen LogP contribution in [0.25, 0.3) is 0 Å². The van der Waals surface area contributed by atoms with Gasteiger partial charge in [0.2, 0.25) is 5.91 Å². The number of halogens is 1. The van der Waals surface area contributed by atoms with Crippen LogP contribution in [0.4, 0.5) is 4.39 Å². The largest absolute Gasteiger partial charge is 0.355 e. The van der Waals surface area contributed by atoms with Gasteiger partial charge in [-0.05, 0) is 43.9 Å². The summed E-state index contributed by atoms with van der Waals surface area (Å²) in [5.41, 5.74) is 0.868. The highest BCUT2D eigenvalue weighted by molar-refractivity contribution is 5.81. The van der Waals surface area contributed by atoms with Gasteiger partial charge in [-0.25, -0.2) is 4.39 Å². The first-order chi connectivity index (χ1) is 8.66. The van der Waals surface area contributed by atoms with E-state index in [2.05, 4.69) is 10.6 Å². The maximum absolute atomic E-state index is 13.1. The fourth-order valence-electron chi connectivity index (χ4n) is 2.27. The third kappa shape index (κ3) is 3.29. The van der Waals surface area contributed by atoms with Crippen LogP contribution in [0.15, 0.2) is 24.3 Å². The predicted octanol–water partition coefficient (Wildman–Crippen LogP) is 2.14. The molecule has 0 spiro atoms. The Hall–Kier alpha value is -1.42. The summed E-state index contributed by atoms with van der Waals surface area (Å²) < 4.78 is 13.1. The molecule has 1 amide bonds. The molecule has 0 saturated carbocycles. The van der Waals surface area contributed by atoms with Crippen LogP contribution in [-0.4, -0.2) is 18.5 Å². The Kier molecular flexibility index (Phi) is 4.31. The predicted molar refractivity (Wildman–Crippen MR) is 68.6 cm³/mol. The first-order valence-electron chi connectivity index (χ1n) is 6.46. The summed E-state index contributed by atoms with van der Waals surface area (Å²) in [6.07, 6.45) is 2.90. The number of nitrogens with one attached hydrogen (secondary N) is 2. The molecule has 1 aliphatic rings. The van der Waals surface area contributed by atoms with Crippen molar-refractivity contribution in [1.29, 1.82) is 0 Å². The SMILES string of the molecule is C[C@@H](NC1CCCCNC1=O)c1cccc(F)c1. The number of hydrogen-bond donors (Lipinski definition) is 2. The fourth-order valence-corrected chi connectivity index (χ4v) is 2.27. The number of amides is 1. The van der Waals surface area contributed by atoms with Crippen LogP contribution in [0.5, 0.6) is 0 Å². The molecule has 1 fully saturated rings. The number of rotatable bonds is 3. The Morgan fingerprint density at radius 2 is 2.28 bits per heavy atom. The van der Waals surface area contributed by atoms with Gasteiger partial charge in [-0.15, -0.1) is 0 Å². The Morgan fingerprint density at radius 1 is 1.44 bits per heavy atom. The van der Waals surface area contributed by atoms with Gasteiger partial charge in [0.1, 0.15) is 5.82 Å². The maximum atomic E-state index is 13.1. The van der Waals surface area contributed by atoms with Crippen LogP contribution in [0.3, 0.4) is 0 Å². The van der Waals surface area contributed by atoms with Crippen molar-refractivity contribution < 1.29 is 9.18 Å². The smallest absolute Gasteiger partial charge is 0.237 e. The average molecular weight is 250 g/mol. The zero-order valence-corrected chi connectivity index (χ0v) is 10.6. The second-order valence-electron chi connectivity index (χ2n) is 4.78. The van der Waals surface area contributed by atoms with Crippen molar-refractivity contribution in [1.82, 2.24) is 10.6 Å². The highest BCUT2D eigenvalue weighted by atomic mass is 19.1. The lowest BCUT2D eigenvalue weighted by molar-refractivity contribution is -0.123. The second kappa shape index (κ2) is 5.96. The van der Waals surface area contributed by atoms with Crippen molar-refractivity contribution >= 4 is 5.91 Å². The van der Waals surface area contributed by atoms with E-state index in [1.54, 1.807) is 6.07 Å². The third-order valence-corrected chi connectivity index (χ3v) is 3.34. The molecule has 1 aliphatic heterocycles. The summed E-state index contributed by atoms with van der Waals surface area (Å²) in [7, 11) is 0. The molecule has 98 valence electrons. The molecule has 1 heterocycles. The van der Waals surface area contributed by atoms with E-state index in [0.717, 1.165) is 31.4 Å². The van der Waals surface area contributed by atoms with Crippen LogP contribution in [0.1, 0.15) is 37.8 Å². The minimum atomic E-state index is -0.244. The van der Waals surface area contributed by atoms with E-state index in [4.69, 9.17) is 0 Å². The van der Waals surface area contributed by atoms with Crippen molar-refractivity contribution in [2.24, 2.45) is 0 Å². The summed E-state index contributed by atoms with van der Waals surface area (Å²) in [5.74, 6) is -0.192. The molecule has 1 saturated heterocycles. The fraction of sp³-hybridized carbons (Fsp3) is 0.500.